The van der Waals surface area contributed by atoms with Crippen molar-refractivity contribution in [1.82, 2.24) is 9.78 Å². The van der Waals surface area contributed by atoms with Gasteiger partial charge in [-0.05, 0) is 66.9 Å². The molecule has 1 heterocycles. The Morgan fingerprint density at radius 1 is 0.657 bits per heavy atom. The number of methoxy groups -OCH3 is 1. The monoisotopic (exact) mass is 986 g/mol. The van der Waals surface area contributed by atoms with E-state index >= 15 is 0 Å². The molecule has 0 saturated carbocycles. The van der Waals surface area contributed by atoms with Crippen molar-refractivity contribution in [3.63, 3.8) is 0 Å². The molecule has 0 aliphatic carbocycles. The third-order valence-electron chi connectivity index (χ3n) is 9.02. The number of fused-ring (bicyclic) bond motifs is 1. The highest BCUT2D eigenvalue weighted by Crippen LogP contribution is 2.46. The molecule has 0 radical (unpaired) electrons. The van der Waals surface area contributed by atoms with Gasteiger partial charge in [-0.3, -0.25) is 13.7 Å². The fourth-order valence-electron chi connectivity index (χ4n) is 5.97. The van der Waals surface area contributed by atoms with E-state index < -0.39 is 87.1 Å². The van der Waals surface area contributed by atoms with Crippen LogP contribution < -0.4 is 14.2 Å². The predicted octanol–water partition coefficient (Wildman–Crippen LogP) is 6.18. The number of aromatic carboxylic acids is 1. The van der Waals surface area contributed by atoms with Crippen LogP contribution in [0.3, 0.4) is 0 Å². The summed E-state index contributed by atoms with van der Waals surface area (Å²) in [4.78, 5) is 9.46. The lowest BCUT2D eigenvalue weighted by Crippen LogP contribution is -2.04. The van der Waals surface area contributed by atoms with Crippen molar-refractivity contribution in [1.29, 1.82) is 0 Å². The van der Waals surface area contributed by atoms with Gasteiger partial charge in [0, 0.05) is 23.6 Å². The Kier molecular flexibility index (Phi) is 14.3. The first-order chi connectivity index (χ1) is 31.5. The van der Waals surface area contributed by atoms with Gasteiger partial charge in [0.1, 0.15) is 68.7 Å². The number of aliphatic hydroxyl groups excluding tert-OH is 2. The fraction of sp³-hybridized carbons (Fsp3) is 0.158. The van der Waals surface area contributed by atoms with Crippen LogP contribution in [0.1, 0.15) is 16.1 Å². The highest BCUT2D eigenvalue weighted by Gasteiger charge is 2.25. The molecule has 0 amide bonds. The van der Waals surface area contributed by atoms with Gasteiger partial charge < -0.3 is 39.7 Å². The highest BCUT2D eigenvalue weighted by molar-refractivity contribution is 7.86. The molecule has 67 heavy (non-hydrogen) atoms. The van der Waals surface area contributed by atoms with Crippen molar-refractivity contribution in [2.24, 2.45) is 30.7 Å². The molecule has 0 spiro atoms. The number of azo groups is 3. The van der Waals surface area contributed by atoms with Gasteiger partial charge in [0.15, 0.2) is 11.4 Å². The number of rotatable bonds is 18. The predicted molar refractivity (Wildman–Crippen MR) is 229 cm³/mol. The van der Waals surface area contributed by atoms with Crippen molar-refractivity contribution in [2.75, 3.05) is 33.5 Å². The van der Waals surface area contributed by atoms with E-state index in [1.165, 1.54) is 44.4 Å². The number of phenols is 1. The van der Waals surface area contributed by atoms with Gasteiger partial charge >= 0.3 is 5.97 Å². The van der Waals surface area contributed by atoms with Gasteiger partial charge in [-0.2, -0.15) is 35.0 Å². The zero-order chi connectivity index (χ0) is 49.0. The quantitative estimate of drug-likeness (QED) is 0.0352. The molecule has 26 nitrogen and oxygen atoms in total. The second-order valence-electron chi connectivity index (χ2n) is 13.4. The molecule has 0 bridgehead atoms. The van der Waals surface area contributed by atoms with Crippen LogP contribution in [-0.4, -0.2) is 114 Å². The Balaban J connectivity index is 1.41. The van der Waals surface area contributed by atoms with Gasteiger partial charge in [-0.25, -0.2) is 4.79 Å². The molecule has 5 aromatic carbocycles. The Hall–Kier alpha value is -7.51. The second kappa shape index (κ2) is 19.5. The van der Waals surface area contributed by atoms with Gasteiger partial charge in [-0.1, -0.05) is 0 Å². The molecule has 0 fully saturated rings. The smallest absolute Gasteiger partial charge is 0.338 e. The van der Waals surface area contributed by atoms with Crippen molar-refractivity contribution < 1.29 is 83.4 Å². The summed E-state index contributed by atoms with van der Waals surface area (Å²) in [6, 6.07) is 13.1. The number of hydrogen-bond acceptors (Lipinski definition) is 21. The lowest BCUT2D eigenvalue weighted by atomic mass is 10.1. The van der Waals surface area contributed by atoms with Gasteiger partial charge in [-0.15, -0.1) is 30.7 Å². The average molecular weight is 987 g/mol. The molecule has 1 aromatic heterocycles. The average Bonchev–Trinajstić information content (AvgIpc) is 3.56. The molecule has 0 aliphatic rings. The molecule has 6 rings (SSSR count). The first-order valence-electron chi connectivity index (χ1n) is 18.5. The van der Waals surface area contributed by atoms with Gasteiger partial charge in [0.05, 0.1) is 42.2 Å². The lowest BCUT2D eigenvalue weighted by molar-refractivity contribution is 0.0697. The summed E-state index contributed by atoms with van der Waals surface area (Å²) in [5.74, 6) is -3.41. The largest absolute Gasteiger partial charge is 0.505 e. The summed E-state index contributed by atoms with van der Waals surface area (Å²) in [5, 5.41) is 78.8. The summed E-state index contributed by atoms with van der Waals surface area (Å²) >= 11 is 0. The van der Waals surface area contributed by atoms with Crippen molar-refractivity contribution in [3.05, 3.63) is 84.1 Å². The normalized spacial score (nSPS) is 12.5. The summed E-state index contributed by atoms with van der Waals surface area (Å²) in [7, 11) is -13.5. The van der Waals surface area contributed by atoms with E-state index in [2.05, 4.69) is 35.8 Å². The summed E-state index contributed by atoms with van der Waals surface area (Å²) in [5.41, 5.74) is -2.75. The minimum absolute atomic E-state index is 0.0351. The van der Waals surface area contributed by atoms with E-state index in [1.54, 1.807) is 0 Å². The summed E-state index contributed by atoms with van der Waals surface area (Å²) < 4.78 is 119. The zero-order valence-corrected chi connectivity index (χ0v) is 36.7. The minimum Gasteiger partial charge on any atom is -0.505 e. The van der Waals surface area contributed by atoms with E-state index in [0.717, 1.165) is 41.1 Å². The van der Waals surface area contributed by atoms with Crippen LogP contribution in [0.5, 0.6) is 28.9 Å². The third-order valence-corrected chi connectivity index (χ3v) is 11.6. The van der Waals surface area contributed by atoms with E-state index in [0.29, 0.717) is 6.07 Å². The number of ether oxygens (including phenoxy) is 3. The molecule has 8 N–H and O–H groups in total. The SMILES string of the molecule is COc1ccc(/N=N/c2cc(OCCO)c(/N=N/c3c(S(=O)(=O)O)cc4cc(-n5nc(C)c(/N=N/c6ccc(S(=O)(=O)O)cc6C(=O)O)c5O)ccc4c3O)cc2OCCO)c(S(=O)(=O)O)c1. The van der Waals surface area contributed by atoms with E-state index in [4.69, 9.17) is 14.2 Å². The van der Waals surface area contributed by atoms with Gasteiger partial charge in [0.25, 0.3) is 30.4 Å². The van der Waals surface area contributed by atoms with Crippen molar-refractivity contribution in [3.8, 4) is 34.6 Å². The Labute approximate surface area is 377 Å². The molecule has 6 aromatic rings. The standard InChI is InChI=1S/C38H34N8O18S3/c1-19-34(43-39-26-8-5-23(65(53,54)55)16-25(26)38(51)52)37(50)46(45-19)21-3-6-24-20(13-21)14-33(67(59,60)61)35(36(24)49)44-42-29-18-30(63-11-9-47)28(17-31(29)64-12-10-48)41-40-27-7-4-22(62-2)15-32(27)66(56,57)58/h3-8,13-18,47-50H,9-12H2,1-2H3,(H,51,52)(H,53,54,55)(H,56,57,58)(H,59,60,61)/b41-40+,43-39+,44-42+. The third kappa shape index (κ3) is 11.0. The van der Waals surface area contributed by atoms with Crippen LogP contribution in [0.15, 0.2) is 118 Å². The van der Waals surface area contributed by atoms with Crippen LogP contribution >= 0.6 is 0 Å². The highest BCUT2D eigenvalue weighted by atomic mass is 32.2. The number of aliphatic hydroxyl groups is 2. The molecule has 0 saturated heterocycles. The van der Waals surface area contributed by atoms with Crippen LogP contribution in [0.25, 0.3) is 16.5 Å². The molecule has 29 heteroatoms. The summed E-state index contributed by atoms with van der Waals surface area (Å²) in [6.07, 6.45) is 0. The Bertz CT molecular complexity index is 3380. The minimum atomic E-state index is -5.21. The first-order valence-corrected chi connectivity index (χ1v) is 22.8. The molecular formula is C38H34N8O18S3. The number of benzene rings is 5. The number of aryl methyl sites for hydroxylation is 1. The van der Waals surface area contributed by atoms with Crippen LogP contribution in [0.2, 0.25) is 0 Å². The first kappa shape index (κ1) is 48.9. The van der Waals surface area contributed by atoms with Crippen molar-refractivity contribution >= 4 is 81.2 Å². The molecular weight excluding hydrogens is 953 g/mol. The molecule has 0 aliphatic heterocycles. The molecule has 0 unspecified atom stereocenters. The maximum absolute atomic E-state index is 12.8. The van der Waals surface area contributed by atoms with E-state index in [1.807, 2.05) is 0 Å². The number of aromatic hydroxyl groups is 2. The number of carbonyl (C=O) groups is 1. The Morgan fingerprint density at radius 3 is 1.79 bits per heavy atom. The number of phenolic OH excluding ortho intramolecular Hbond substituents is 1. The fourth-order valence-corrected chi connectivity index (χ4v) is 7.77. The maximum Gasteiger partial charge on any atom is 0.338 e. The number of aromatic nitrogens is 2. The number of carboxylic acid groups (broad SMARTS) is 1. The van der Waals surface area contributed by atoms with Crippen LogP contribution in [0, 0.1) is 6.92 Å². The topological polar surface area (TPSA) is 401 Å². The summed E-state index contributed by atoms with van der Waals surface area (Å²) in [6.45, 7) is -0.316. The number of carboxylic acids is 1. The zero-order valence-electron chi connectivity index (χ0n) is 34.2. The maximum atomic E-state index is 12.8. The number of nitrogens with zero attached hydrogens (tertiary/aromatic N) is 8. The van der Waals surface area contributed by atoms with Crippen LogP contribution in [-0.2, 0) is 30.4 Å². The number of hydrogen-bond donors (Lipinski definition) is 8. The second-order valence-corrected chi connectivity index (χ2v) is 17.6. The molecule has 0 atom stereocenters. The Morgan fingerprint density at radius 2 is 1.22 bits per heavy atom. The molecule has 352 valence electrons. The van der Waals surface area contributed by atoms with E-state index in [-0.39, 0.29) is 81.1 Å². The van der Waals surface area contributed by atoms with Crippen molar-refractivity contribution in [2.45, 2.75) is 21.6 Å². The lowest BCUT2D eigenvalue weighted by Gasteiger charge is -2.13. The van der Waals surface area contributed by atoms with E-state index in [9.17, 15) is 69.2 Å². The van der Waals surface area contributed by atoms with Crippen LogP contribution in [0.4, 0.5) is 34.1 Å². The van der Waals surface area contributed by atoms with Gasteiger partial charge in [0.2, 0.25) is 5.88 Å².